The predicted molar refractivity (Wildman–Crippen MR) is 81.3 cm³/mol. The number of amides is 1. The number of anilines is 2. The third-order valence-corrected chi connectivity index (χ3v) is 3.09. The number of nitrogens with one attached hydrogen (secondary N) is 1. The molecule has 0 radical (unpaired) electrons. The summed E-state index contributed by atoms with van der Waals surface area (Å²) < 4.78 is 10.3. The molecule has 0 aromatic heterocycles. The van der Waals surface area contributed by atoms with Crippen LogP contribution in [0.15, 0.2) is 12.1 Å². The molecule has 3 N–H and O–H groups in total. The van der Waals surface area contributed by atoms with Crippen LogP contribution in [-0.2, 0) is 4.79 Å². The van der Waals surface area contributed by atoms with E-state index in [-0.39, 0.29) is 5.91 Å². The SMILES string of the molecule is CCCCCCC(=O)Nc1cc(OC)c(OC)cc1N. The Labute approximate surface area is 120 Å². The molecule has 112 valence electrons. The molecule has 0 aliphatic carbocycles. The number of hydrogen-bond donors (Lipinski definition) is 2. The zero-order valence-corrected chi connectivity index (χ0v) is 12.5. The number of hydrogen-bond acceptors (Lipinski definition) is 4. The zero-order valence-electron chi connectivity index (χ0n) is 12.5. The highest BCUT2D eigenvalue weighted by molar-refractivity contribution is 5.94. The van der Waals surface area contributed by atoms with Crippen molar-refractivity contribution in [3.63, 3.8) is 0 Å². The first-order valence-electron chi connectivity index (χ1n) is 6.93. The zero-order chi connectivity index (χ0) is 15.0. The number of nitrogen functional groups attached to an aromatic ring is 1. The second-order valence-corrected chi connectivity index (χ2v) is 4.65. The first-order chi connectivity index (χ1) is 9.62. The van der Waals surface area contributed by atoms with Crippen molar-refractivity contribution in [1.82, 2.24) is 0 Å². The number of carbonyl (C=O) groups excluding carboxylic acids is 1. The molecule has 0 spiro atoms. The average Bonchev–Trinajstić information content (AvgIpc) is 2.45. The number of unbranched alkanes of at least 4 members (excludes halogenated alkanes) is 3. The van der Waals surface area contributed by atoms with Crippen molar-refractivity contribution in [2.45, 2.75) is 39.0 Å². The van der Waals surface area contributed by atoms with Gasteiger partial charge >= 0.3 is 0 Å². The highest BCUT2D eigenvalue weighted by atomic mass is 16.5. The molecule has 1 aromatic carbocycles. The third kappa shape index (κ3) is 4.64. The maximum Gasteiger partial charge on any atom is 0.224 e. The van der Waals surface area contributed by atoms with Gasteiger partial charge in [0.2, 0.25) is 5.91 Å². The van der Waals surface area contributed by atoms with Crippen molar-refractivity contribution >= 4 is 17.3 Å². The summed E-state index contributed by atoms with van der Waals surface area (Å²) in [5, 5.41) is 2.81. The molecule has 0 fully saturated rings. The monoisotopic (exact) mass is 280 g/mol. The van der Waals surface area contributed by atoms with E-state index in [2.05, 4.69) is 12.2 Å². The normalized spacial score (nSPS) is 10.2. The molecule has 1 rings (SSSR count). The van der Waals surface area contributed by atoms with Crippen molar-refractivity contribution in [2.24, 2.45) is 0 Å². The van der Waals surface area contributed by atoms with E-state index < -0.39 is 0 Å². The molecule has 1 aromatic rings. The van der Waals surface area contributed by atoms with Crippen LogP contribution in [0, 0.1) is 0 Å². The van der Waals surface area contributed by atoms with Gasteiger partial charge in [-0.3, -0.25) is 4.79 Å². The van der Waals surface area contributed by atoms with Crippen molar-refractivity contribution in [3.05, 3.63) is 12.1 Å². The second kappa shape index (κ2) is 8.30. The van der Waals surface area contributed by atoms with Crippen molar-refractivity contribution in [1.29, 1.82) is 0 Å². The molecular weight excluding hydrogens is 256 g/mol. The van der Waals surface area contributed by atoms with Crippen molar-refractivity contribution in [3.8, 4) is 11.5 Å². The third-order valence-electron chi connectivity index (χ3n) is 3.09. The van der Waals surface area contributed by atoms with Gasteiger partial charge in [-0.15, -0.1) is 0 Å². The Morgan fingerprint density at radius 1 is 1.15 bits per heavy atom. The van der Waals surface area contributed by atoms with Crippen LogP contribution >= 0.6 is 0 Å². The Morgan fingerprint density at radius 3 is 2.40 bits per heavy atom. The lowest BCUT2D eigenvalue weighted by atomic mass is 10.1. The number of methoxy groups -OCH3 is 2. The van der Waals surface area contributed by atoms with Crippen LogP contribution in [0.2, 0.25) is 0 Å². The maximum absolute atomic E-state index is 11.8. The van der Waals surface area contributed by atoms with E-state index in [0.717, 1.165) is 25.7 Å². The van der Waals surface area contributed by atoms with Crippen LogP contribution in [0.3, 0.4) is 0 Å². The molecule has 0 aliphatic heterocycles. The highest BCUT2D eigenvalue weighted by Gasteiger charge is 2.11. The minimum atomic E-state index is -0.0278. The molecule has 0 saturated heterocycles. The first-order valence-corrected chi connectivity index (χ1v) is 6.93. The van der Waals surface area contributed by atoms with Gasteiger partial charge in [0.25, 0.3) is 0 Å². The van der Waals surface area contributed by atoms with Gasteiger partial charge in [-0.05, 0) is 6.42 Å². The number of rotatable bonds is 8. The smallest absolute Gasteiger partial charge is 0.224 e. The van der Waals surface area contributed by atoms with E-state index >= 15 is 0 Å². The first kappa shape index (κ1) is 16.1. The minimum absolute atomic E-state index is 0.0278. The standard InChI is InChI=1S/C15H24N2O3/c1-4-5-6-7-8-15(18)17-12-10-14(20-3)13(19-2)9-11(12)16/h9-10H,4-8,16H2,1-3H3,(H,17,18). The number of nitrogens with two attached hydrogens (primary N) is 1. The quantitative estimate of drug-likeness (QED) is 0.566. The highest BCUT2D eigenvalue weighted by Crippen LogP contribution is 2.34. The van der Waals surface area contributed by atoms with E-state index in [1.165, 1.54) is 0 Å². The van der Waals surface area contributed by atoms with Crippen LogP contribution in [0.1, 0.15) is 39.0 Å². The Bertz CT molecular complexity index is 447. The molecule has 0 atom stereocenters. The molecule has 5 nitrogen and oxygen atoms in total. The molecule has 0 heterocycles. The Kier molecular flexibility index (Phi) is 6.70. The molecule has 0 aliphatic rings. The molecular formula is C15H24N2O3. The maximum atomic E-state index is 11.8. The van der Waals surface area contributed by atoms with Crippen LogP contribution in [0.4, 0.5) is 11.4 Å². The molecule has 20 heavy (non-hydrogen) atoms. The topological polar surface area (TPSA) is 73.6 Å². The largest absolute Gasteiger partial charge is 0.493 e. The van der Waals surface area contributed by atoms with E-state index in [9.17, 15) is 4.79 Å². The van der Waals surface area contributed by atoms with E-state index in [0.29, 0.717) is 29.3 Å². The molecule has 5 heteroatoms. The van der Waals surface area contributed by atoms with Gasteiger partial charge in [0.05, 0.1) is 25.6 Å². The summed E-state index contributed by atoms with van der Waals surface area (Å²) in [4.78, 5) is 11.8. The summed E-state index contributed by atoms with van der Waals surface area (Å²) in [6.07, 6.45) is 4.79. The van der Waals surface area contributed by atoms with Crippen molar-refractivity contribution in [2.75, 3.05) is 25.3 Å². The van der Waals surface area contributed by atoms with Crippen LogP contribution in [0.5, 0.6) is 11.5 Å². The number of ether oxygens (including phenoxy) is 2. The summed E-state index contributed by atoms with van der Waals surface area (Å²) in [6.45, 7) is 2.14. The van der Waals surface area contributed by atoms with Crippen LogP contribution < -0.4 is 20.5 Å². The summed E-state index contributed by atoms with van der Waals surface area (Å²) in [5.74, 6) is 1.06. The van der Waals surface area contributed by atoms with E-state index in [1.54, 1.807) is 26.4 Å². The fourth-order valence-electron chi connectivity index (χ4n) is 1.93. The molecule has 0 saturated carbocycles. The fourth-order valence-corrected chi connectivity index (χ4v) is 1.93. The van der Waals surface area contributed by atoms with Gasteiger partial charge in [0.15, 0.2) is 11.5 Å². The van der Waals surface area contributed by atoms with Gasteiger partial charge in [0, 0.05) is 18.6 Å². The van der Waals surface area contributed by atoms with Crippen LogP contribution in [0.25, 0.3) is 0 Å². The van der Waals surface area contributed by atoms with E-state index in [4.69, 9.17) is 15.2 Å². The minimum Gasteiger partial charge on any atom is -0.493 e. The molecule has 1 amide bonds. The summed E-state index contributed by atoms with van der Waals surface area (Å²) in [7, 11) is 3.09. The van der Waals surface area contributed by atoms with Gasteiger partial charge in [-0.2, -0.15) is 0 Å². The van der Waals surface area contributed by atoms with Crippen molar-refractivity contribution < 1.29 is 14.3 Å². The van der Waals surface area contributed by atoms with E-state index in [1.807, 2.05) is 0 Å². The Morgan fingerprint density at radius 2 is 1.80 bits per heavy atom. The lowest BCUT2D eigenvalue weighted by molar-refractivity contribution is -0.116. The Balaban J connectivity index is 2.65. The van der Waals surface area contributed by atoms with Gasteiger partial charge < -0.3 is 20.5 Å². The summed E-state index contributed by atoms with van der Waals surface area (Å²) in [5.41, 5.74) is 6.92. The number of carbonyl (C=O) groups is 1. The molecule has 0 unspecified atom stereocenters. The van der Waals surface area contributed by atoms with Gasteiger partial charge in [0.1, 0.15) is 0 Å². The number of benzene rings is 1. The lowest BCUT2D eigenvalue weighted by Gasteiger charge is -2.13. The Hall–Kier alpha value is -1.91. The molecule has 0 bridgehead atoms. The summed E-state index contributed by atoms with van der Waals surface area (Å²) >= 11 is 0. The second-order valence-electron chi connectivity index (χ2n) is 4.65. The summed E-state index contributed by atoms with van der Waals surface area (Å²) in [6, 6.07) is 3.32. The predicted octanol–water partition coefficient (Wildman–Crippen LogP) is 3.19. The van der Waals surface area contributed by atoms with Gasteiger partial charge in [-0.25, -0.2) is 0 Å². The lowest BCUT2D eigenvalue weighted by Crippen LogP contribution is -2.12. The van der Waals surface area contributed by atoms with Crippen LogP contribution in [-0.4, -0.2) is 20.1 Å². The average molecular weight is 280 g/mol. The van der Waals surface area contributed by atoms with Gasteiger partial charge in [-0.1, -0.05) is 26.2 Å². The fraction of sp³-hybridized carbons (Fsp3) is 0.533.